The Hall–Kier alpha value is -3.28. The Bertz CT molecular complexity index is 817. The fourth-order valence-electron chi connectivity index (χ4n) is 2.44. The second-order valence-electron chi connectivity index (χ2n) is 5.74. The van der Waals surface area contributed by atoms with Gasteiger partial charge in [-0.2, -0.15) is 0 Å². The number of rotatable bonds is 8. The van der Waals surface area contributed by atoms with Crippen LogP contribution in [0.25, 0.3) is 6.08 Å². The first-order chi connectivity index (χ1) is 13.0. The number of anilines is 1. The summed E-state index contributed by atoms with van der Waals surface area (Å²) in [7, 11) is 3.15. The fraction of sp³-hybridized carbons (Fsp3) is 0.238. The maximum atomic E-state index is 12.4. The van der Waals surface area contributed by atoms with Crippen LogP contribution in [0.15, 0.2) is 54.6 Å². The van der Waals surface area contributed by atoms with Gasteiger partial charge >= 0.3 is 0 Å². The minimum Gasteiger partial charge on any atom is -0.497 e. The molecule has 0 unspecified atom stereocenters. The average Bonchev–Trinajstić information content (AvgIpc) is 2.70. The maximum Gasteiger partial charge on any atom is 0.247 e. The topological polar surface area (TPSA) is 67.9 Å². The number of carbonyl (C=O) groups is 2. The van der Waals surface area contributed by atoms with Gasteiger partial charge in [-0.25, -0.2) is 0 Å². The number of nitrogens with zero attached hydrogens (tertiary/aromatic N) is 1. The number of amides is 2. The van der Waals surface area contributed by atoms with E-state index >= 15 is 0 Å². The Kier molecular flexibility index (Phi) is 7.43. The number of nitrogens with one attached hydrogen (secondary N) is 1. The monoisotopic (exact) mass is 368 g/mol. The number of ether oxygens (including phenoxy) is 2. The second-order valence-corrected chi connectivity index (χ2v) is 5.74. The van der Waals surface area contributed by atoms with E-state index in [0.717, 1.165) is 11.3 Å². The third-order valence-corrected chi connectivity index (χ3v) is 3.89. The van der Waals surface area contributed by atoms with E-state index in [4.69, 9.17) is 9.47 Å². The fourth-order valence-corrected chi connectivity index (χ4v) is 2.44. The van der Waals surface area contributed by atoms with Crippen molar-refractivity contribution in [1.29, 1.82) is 0 Å². The van der Waals surface area contributed by atoms with Crippen LogP contribution in [0.2, 0.25) is 0 Å². The van der Waals surface area contributed by atoms with E-state index in [0.29, 0.717) is 18.0 Å². The zero-order chi connectivity index (χ0) is 19.6. The predicted octanol–water partition coefficient (Wildman–Crippen LogP) is 3.20. The number of methoxy groups -OCH3 is 2. The van der Waals surface area contributed by atoms with Crippen molar-refractivity contribution >= 4 is 23.6 Å². The number of benzene rings is 2. The summed E-state index contributed by atoms with van der Waals surface area (Å²) < 4.78 is 10.3. The van der Waals surface area contributed by atoms with Crippen molar-refractivity contribution in [3.8, 4) is 11.5 Å². The largest absolute Gasteiger partial charge is 0.497 e. The van der Waals surface area contributed by atoms with Crippen molar-refractivity contribution in [3.05, 3.63) is 60.2 Å². The first-order valence-electron chi connectivity index (χ1n) is 8.60. The summed E-state index contributed by atoms with van der Waals surface area (Å²) in [5.74, 6) is 0.862. The van der Waals surface area contributed by atoms with Crippen molar-refractivity contribution in [3.63, 3.8) is 0 Å². The molecule has 0 atom stereocenters. The molecule has 0 radical (unpaired) electrons. The van der Waals surface area contributed by atoms with Gasteiger partial charge in [0.05, 0.1) is 14.2 Å². The molecule has 0 spiro atoms. The van der Waals surface area contributed by atoms with E-state index < -0.39 is 0 Å². The summed E-state index contributed by atoms with van der Waals surface area (Å²) in [5, 5.41) is 2.77. The van der Waals surface area contributed by atoms with E-state index in [-0.39, 0.29) is 18.4 Å². The number of hydrogen-bond acceptors (Lipinski definition) is 4. The molecule has 0 saturated carbocycles. The minimum absolute atomic E-state index is 0.0327. The average molecular weight is 368 g/mol. The SMILES string of the molecule is CCN(CC(=O)Nc1cccc(OC)c1)C(=O)/C=C/c1cccc(OC)c1. The molecule has 2 aromatic rings. The second kappa shape index (κ2) is 10.0. The number of carbonyl (C=O) groups excluding carboxylic acids is 2. The highest BCUT2D eigenvalue weighted by Gasteiger charge is 2.13. The van der Waals surface area contributed by atoms with Crippen LogP contribution in [0.4, 0.5) is 5.69 Å². The molecule has 142 valence electrons. The minimum atomic E-state index is -0.270. The molecular weight excluding hydrogens is 344 g/mol. The summed E-state index contributed by atoms with van der Waals surface area (Å²) in [6.07, 6.45) is 3.16. The molecular formula is C21H24N2O4. The molecule has 0 aromatic heterocycles. The highest BCUT2D eigenvalue weighted by atomic mass is 16.5. The molecule has 6 nitrogen and oxygen atoms in total. The summed E-state index contributed by atoms with van der Waals surface area (Å²) in [4.78, 5) is 26.1. The van der Waals surface area contributed by atoms with Gasteiger partial charge in [-0.15, -0.1) is 0 Å². The zero-order valence-electron chi connectivity index (χ0n) is 15.8. The Morgan fingerprint density at radius 2 is 1.70 bits per heavy atom. The van der Waals surface area contributed by atoms with Gasteiger partial charge in [-0.05, 0) is 42.8 Å². The van der Waals surface area contributed by atoms with E-state index in [1.165, 1.54) is 11.0 Å². The number of hydrogen-bond donors (Lipinski definition) is 1. The summed E-state index contributed by atoms with van der Waals surface area (Å²) in [6.45, 7) is 2.22. The molecule has 2 aromatic carbocycles. The van der Waals surface area contributed by atoms with Gasteiger partial charge in [-0.3, -0.25) is 9.59 Å². The molecule has 0 aliphatic heterocycles. The highest BCUT2D eigenvalue weighted by Crippen LogP contribution is 2.17. The number of likely N-dealkylation sites (N-methyl/N-ethyl adjacent to an activating group) is 1. The van der Waals surface area contributed by atoms with Crippen LogP contribution < -0.4 is 14.8 Å². The van der Waals surface area contributed by atoms with Crippen molar-refractivity contribution in [1.82, 2.24) is 4.90 Å². The van der Waals surface area contributed by atoms with Gasteiger partial charge in [0.2, 0.25) is 11.8 Å². The van der Waals surface area contributed by atoms with Gasteiger partial charge in [0.1, 0.15) is 18.0 Å². The van der Waals surface area contributed by atoms with E-state index in [2.05, 4.69) is 5.32 Å². The van der Waals surface area contributed by atoms with Crippen LogP contribution in [-0.2, 0) is 9.59 Å². The smallest absolute Gasteiger partial charge is 0.247 e. The lowest BCUT2D eigenvalue weighted by molar-refractivity contribution is -0.130. The third-order valence-electron chi connectivity index (χ3n) is 3.89. The lowest BCUT2D eigenvalue weighted by atomic mass is 10.2. The lowest BCUT2D eigenvalue weighted by Crippen LogP contribution is -2.36. The van der Waals surface area contributed by atoms with E-state index in [1.54, 1.807) is 44.6 Å². The molecule has 0 fully saturated rings. The molecule has 1 N–H and O–H groups in total. The lowest BCUT2D eigenvalue weighted by Gasteiger charge is -2.18. The summed E-state index contributed by atoms with van der Waals surface area (Å²) in [5.41, 5.74) is 1.47. The van der Waals surface area contributed by atoms with Gasteiger partial charge in [0.25, 0.3) is 0 Å². The van der Waals surface area contributed by atoms with Gasteiger partial charge < -0.3 is 19.7 Å². The van der Waals surface area contributed by atoms with Crippen LogP contribution in [0, 0.1) is 0 Å². The molecule has 0 bridgehead atoms. The van der Waals surface area contributed by atoms with Gasteiger partial charge in [-0.1, -0.05) is 18.2 Å². The first-order valence-corrected chi connectivity index (χ1v) is 8.60. The molecule has 0 saturated heterocycles. The van der Waals surface area contributed by atoms with Crippen molar-refractivity contribution in [2.24, 2.45) is 0 Å². The summed E-state index contributed by atoms with van der Waals surface area (Å²) in [6, 6.07) is 14.4. The normalized spacial score (nSPS) is 10.5. The molecule has 2 rings (SSSR count). The predicted molar refractivity (Wildman–Crippen MR) is 106 cm³/mol. The van der Waals surface area contributed by atoms with Crippen molar-refractivity contribution < 1.29 is 19.1 Å². The maximum absolute atomic E-state index is 12.4. The molecule has 0 heterocycles. The van der Waals surface area contributed by atoms with Crippen LogP contribution in [0.5, 0.6) is 11.5 Å². The van der Waals surface area contributed by atoms with Gasteiger partial charge in [0.15, 0.2) is 0 Å². The Labute approximate surface area is 159 Å². The molecule has 0 aliphatic rings. The zero-order valence-corrected chi connectivity index (χ0v) is 15.8. The van der Waals surface area contributed by atoms with Crippen LogP contribution >= 0.6 is 0 Å². The van der Waals surface area contributed by atoms with Crippen LogP contribution in [-0.4, -0.2) is 44.0 Å². The summed E-state index contributed by atoms with van der Waals surface area (Å²) >= 11 is 0. The Morgan fingerprint density at radius 3 is 2.37 bits per heavy atom. The molecule has 27 heavy (non-hydrogen) atoms. The molecule has 6 heteroatoms. The first kappa shape index (κ1) is 20.0. The quantitative estimate of drug-likeness (QED) is 0.727. The van der Waals surface area contributed by atoms with E-state index in [1.807, 2.05) is 31.2 Å². The highest BCUT2D eigenvalue weighted by molar-refractivity contribution is 5.98. The van der Waals surface area contributed by atoms with Crippen LogP contribution in [0.1, 0.15) is 12.5 Å². The standard InChI is InChI=1S/C21H24N2O4/c1-4-23(15-20(24)22-17-8-6-10-19(14-17)27-3)21(25)12-11-16-7-5-9-18(13-16)26-2/h5-14H,4,15H2,1-3H3,(H,22,24)/b12-11+. The Balaban J connectivity index is 1.97. The third kappa shape index (κ3) is 6.18. The van der Waals surface area contributed by atoms with Gasteiger partial charge in [0, 0.05) is 24.4 Å². The molecule has 0 aliphatic carbocycles. The van der Waals surface area contributed by atoms with Crippen molar-refractivity contribution in [2.75, 3.05) is 32.6 Å². The van der Waals surface area contributed by atoms with E-state index in [9.17, 15) is 9.59 Å². The Morgan fingerprint density at radius 1 is 1.04 bits per heavy atom. The van der Waals surface area contributed by atoms with Crippen molar-refractivity contribution in [2.45, 2.75) is 6.92 Å². The molecule has 2 amide bonds. The van der Waals surface area contributed by atoms with Crippen LogP contribution in [0.3, 0.4) is 0 Å².